The fraction of sp³-hybridized carbons (Fsp3) is 0.778. The molecule has 0 fully saturated rings. The van der Waals surface area contributed by atoms with E-state index in [1.54, 1.807) is 0 Å². The molecule has 13 heavy (non-hydrogen) atoms. The molecule has 0 aromatic rings. The SMILES string of the molecule is CCCCCCN1CC=C(Cl)S1=O. The molecule has 0 aromatic carbocycles. The van der Waals surface area contributed by atoms with Gasteiger partial charge >= 0.3 is 0 Å². The molecular formula is C9H16ClNOS. The zero-order valence-electron chi connectivity index (χ0n) is 7.96. The van der Waals surface area contributed by atoms with Gasteiger partial charge in [0.1, 0.15) is 15.3 Å². The highest BCUT2D eigenvalue weighted by Gasteiger charge is 2.20. The third-order valence-electron chi connectivity index (χ3n) is 2.12. The summed E-state index contributed by atoms with van der Waals surface area (Å²) >= 11 is 5.72. The molecule has 0 amide bonds. The highest BCUT2D eigenvalue weighted by atomic mass is 35.5. The summed E-state index contributed by atoms with van der Waals surface area (Å²) in [6.07, 6.45) is 6.68. The molecular weight excluding hydrogens is 206 g/mol. The number of halogens is 1. The molecule has 0 N–H and O–H groups in total. The van der Waals surface area contributed by atoms with Crippen molar-refractivity contribution in [3.05, 3.63) is 10.4 Å². The molecule has 0 aliphatic carbocycles. The van der Waals surface area contributed by atoms with Gasteiger partial charge in [0, 0.05) is 13.1 Å². The van der Waals surface area contributed by atoms with E-state index in [-0.39, 0.29) is 0 Å². The lowest BCUT2D eigenvalue weighted by atomic mass is 10.2. The van der Waals surface area contributed by atoms with Gasteiger partial charge in [-0.3, -0.25) is 0 Å². The van der Waals surface area contributed by atoms with Gasteiger partial charge in [-0.1, -0.05) is 37.8 Å². The van der Waals surface area contributed by atoms with Crippen molar-refractivity contribution in [2.75, 3.05) is 13.1 Å². The Balaban J connectivity index is 2.14. The van der Waals surface area contributed by atoms with Crippen molar-refractivity contribution in [1.29, 1.82) is 0 Å². The molecule has 4 heteroatoms. The summed E-state index contributed by atoms with van der Waals surface area (Å²) in [4.78, 5) is 0. The van der Waals surface area contributed by atoms with Crippen LogP contribution < -0.4 is 0 Å². The van der Waals surface area contributed by atoms with Gasteiger partial charge in [-0.05, 0) is 12.5 Å². The second-order valence-electron chi connectivity index (χ2n) is 3.21. The van der Waals surface area contributed by atoms with E-state index in [2.05, 4.69) is 6.92 Å². The zero-order chi connectivity index (χ0) is 9.68. The van der Waals surface area contributed by atoms with Crippen LogP contribution in [0.1, 0.15) is 32.6 Å². The molecule has 2 nitrogen and oxygen atoms in total. The van der Waals surface area contributed by atoms with Crippen molar-refractivity contribution in [1.82, 2.24) is 4.31 Å². The highest BCUT2D eigenvalue weighted by Crippen LogP contribution is 2.19. The lowest BCUT2D eigenvalue weighted by Crippen LogP contribution is -2.22. The smallest absolute Gasteiger partial charge is 0.139 e. The van der Waals surface area contributed by atoms with E-state index >= 15 is 0 Å². The number of unbranched alkanes of at least 4 members (excludes halogenated alkanes) is 3. The van der Waals surface area contributed by atoms with Gasteiger partial charge in [0.25, 0.3) is 0 Å². The Morgan fingerprint density at radius 3 is 2.85 bits per heavy atom. The van der Waals surface area contributed by atoms with Crippen molar-refractivity contribution in [3.63, 3.8) is 0 Å². The van der Waals surface area contributed by atoms with Crippen molar-refractivity contribution in [2.45, 2.75) is 32.6 Å². The molecule has 1 rings (SSSR count). The monoisotopic (exact) mass is 221 g/mol. The summed E-state index contributed by atoms with van der Waals surface area (Å²) in [5, 5.41) is 0. The summed E-state index contributed by atoms with van der Waals surface area (Å²) in [6.45, 7) is 3.84. The molecule has 0 saturated carbocycles. The maximum absolute atomic E-state index is 11.4. The molecule has 0 saturated heterocycles. The van der Waals surface area contributed by atoms with Gasteiger partial charge in [-0.25, -0.2) is 8.51 Å². The topological polar surface area (TPSA) is 20.3 Å². The first-order valence-electron chi connectivity index (χ1n) is 4.78. The number of nitrogens with zero attached hydrogens (tertiary/aromatic N) is 1. The molecule has 0 radical (unpaired) electrons. The summed E-state index contributed by atoms with van der Waals surface area (Å²) in [6, 6.07) is 0. The minimum atomic E-state index is -1.05. The van der Waals surface area contributed by atoms with Crippen molar-refractivity contribution >= 4 is 22.6 Å². The molecule has 1 atom stereocenters. The summed E-state index contributed by atoms with van der Waals surface area (Å²) in [7, 11) is -1.05. The molecule has 0 bridgehead atoms. The summed E-state index contributed by atoms with van der Waals surface area (Å²) < 4.78 is 13.8. The minimum Gasteiger partial charge on any atom is -0.236 e. The first-order valence-corrected chi connectivity index (χ1v) is 6.26. The summed E-state index contributed by atoms with van der Waals surface area (Å²) in [5.74, 6) is 0. The third-order valence-corrected chi connectivity index (χ3v) is 3.97. The standard InChI is InChI=1S/C9H16ClNOS/c1-2-3-4-5-7-11-8-6-9(10)13(11)12/h6H,2-5,7-8H2,1H3. The van der Waals surface area contributed by atoms with Crippen LogP contribution in [-0.4, -0.2) is 21.6 Å². The Hall–Kier alpha value is 0.140. The predicted octanol–water partition coefficient (Wildman–Crippen LogP) is 2.63. The quantitative estimate of drug-likeness (QED) is 0.654. The fourth-order valence-corrected chi connectivity index (χ4v) is 2.66. The Bertz CT molecular complexity index is 218. The zero-order valence-corrected chi connectivity index (χ0v) is 9.53. The van der Waals surface area contributed by atoms with Crippen LogP contribution in [-0.2, 0) is 11.0 Å². The van der Waals surface area contributed by atoms with E-state index < -0.39 is 11.0 Å². The van der Waals surface area contributed by atoms with Crippen LogP contribution in [0.5, 0.6) is 0 Å². The Labute approximate surface area is 87.5 Å². The molecule has 1 heterocycles. The normalized spacial score (nSPS) is 23.5. The van der Waals surface area contributed by atoms with Gasteiger partial charge in [-0.2, -0.15) is 0 Å². The maximum Gasteiger partial charge on any atom is 0.139 e. The van der Waals surface area contributed by atoms with Gasteiger partial charge < -0.3 is 0 Å². The second-order valence-corrected chi connectivity index (χ2v) is 5.29. The lowest BCUT2D eigenvalue weighted by molar-refractivity contribution is 0.470. The van der Waals surface area contributed by atoms with E-state index in [9.17, 15) is 4.21 Å². The average molecular weight is 222 g/mol. The van der Waals surface area contributed by atoms with E-state index in [4.69, 9.17) is 11.6 Å². The van der Waals surface area contributed by atoms with Crippen molar-refractivity contribution in [3.8, 4) is 0 Å². The Morgan fingerprint density at radius 1 is 1.54 bits per heavy atom. The van der Waals surface area contributed by atoms with Crippen LogP contribution in [0.3, 0.4) is 0 Å². The van der Waals surface area contributed by atoms with Gasteiger partial charge in [-0.15, -0.1) is 0 Å². The van der Waals surface area contributed by atoms with Crippen LogP contribution >= 0.6 is 11.6 Å². The number of hydrogen-bond acceptors (Lipinski definition) is 1. The van der Waals surface area contributed by atoms with Crippen molar-refractivity contribution in [2.24, 2.45) is 0 Å². The van der Waals surface area contributed by atoms with Crippen LogP contribution in [0.4, 0.5) is 0 Å². The Morgan fingerprint density at radius 2 is 2.31 bits per heavy atom. The lowest BCUT2D eigenvalue weighted by Gasteiger charge is -2.12. The molecule has 1 unspecified atom stereocenters. The predicted molar refractivity (Wildman–Crippen MR) is 57.8 cm³/mol. The number of hydrogen-bond donors (Lipinski definition) is 0. The van der Waals surface area contributed by atoms with Gasteiger partial charge in [0.05, 0.1) is 0 Å². The average Bonchev–Trinajstić information content (AvgIpc) is 2.43. The molecule has 1 aliphatic rings. The van der Waals surface area contributed by atoms with Crippen LogP contribution in [0.2, 0.25) is 0 Å². The van der Waals surface area contributed by atoms with E-state index in [1.807, 2.05) is 10.4 Å². The second kappa shape index (κ2) is 5.78. The molecule has 1 aliphatic heterocycles. The van der Waals surface area contributed by atoms with E-state index in [1.165, 1.54) is 19.3 Å². The highest BCUT2D eigenvalue weighted by molar-refractivity contribution is 7.88. The Kier molecular flexibility index (Phi) is 4.99. The van der Waals surface area contributed by atoms with E-state index in [0.29, 0.717) is 4.36 Å². The van der Waals surface area contributed by atoms with Crippen molar-refractivity contribution < 1.29 is 4.21 Å². The summed E-state index contributed by atoms with van der Waals surface area (Å²) in [5.41, 5.74) is 0. The van der Waals surface area contributed by atoms with Gasteiger partial charge in [0.2, 0.25) is 0 Å². The van der Waals surface area contributed by atoms with Crippen LogP contribution in [0.15, 0.2) is 10.4 Å². The number of rotatable bonds is 5. The largest absolute Gasteiger partial charge is 0.236 e. The molecule has 0 spiro atoms. The fourth-order valence-electron chi connectivity index (χ4n) is 1.33. The third kappa shape index (κ3) is 3.41. The van der Waals surface area contributed by atoms with Gasteiger partial charge in [0.15, 0.2) is 0 Å². The maximum atomic E-state index is 11.4. The molecule has 0 aromatic heterocycles. The first kappa shape index (κ1) is 11.2. The minimum absolute atomic E-state index is 0.496. The molecule has 76 valence electrons. The van der Waals surface area contributed by atoms with Crippen LogP contribution in [0, 0.1) is 0 Å². The van der Waals surface area contributed by atoms with E-state index in [0.717, 1.165) is 19.5 Å². The first-order chi connectivity index (χ1) is 6.25. The van der Waals surface area contributed by atoms with Crippen LogP contribution in [0.25, 0.3) is 0 Å².